The highest BCUT2D eigenvalue weighted by atomic mass is 35.5. The second-order valence-electron chi connectivity index (χ2n) is 26.9. The quantitative estimate of drug-likeness (QED) is 0.0766. The number of hydrogen-bond acceptors (Lipinski definition) is 20. The van der Waals surface area contributed by atoms with Crippen LogP contribution in [0.3, 0.4) is 0 Å². The highest BCUT2D eigenvalue weighted by Crippen LogP contribution is 2.45. The number of piperazine rings is 1. The Bertz CT molecular complexity index is 3120. The van der Waals surface area contributed by atoms with E-state index < -0.39 is 152 Å². The van der Waals surface area contributed by atoms with Crippen molar-refractivity contribution in [2.24, 2.45) is 23.3 Å². The maximum absolute atomic E-state index is 14.8. The molecule has 13 atom stereocenters. The van der Waals surface area contributed by atoms with Gasteiger partial charge in [0, 0.05) is 95.4 Å². The van der Waals surface area contributed by atoms with Crippen molar-refractivity contribution in [1.82, 2.24) is 41.3 Å². The lowest BCUT2D eigenvalue weighted by molar-refractivity contribution is -0.147. The van der Waals surface area contributed by atoms with E-state index in [1.54, 1.807) is 31.2 Å². The van der Waals surface area contributed by atoms with E-state index >= 15 is 0 Å². The summed E-state index contributed by atoms with van der Waals surface area (Å²) in [6, 6.07) is 8.61. The first-order valence-electron chi connectivity index (χ1n) is 33.8. The number of anilines is 1. The molecule has 16 N–H and O–H groups in total. The minimum Gasteiger partial charge on any atom is -0.504 e. The number of ether oxygens (including phenoxy) is 2. The van der Waals surface area contributed by atoms with E-state index in [9.17, 15) is 69.3 Å². The van der Waals surface area contributed by atoms with E-state index in [1.807, 2.05) is 19.2 Å². The van der Waals surface area contributed by atoms with Gasteiger partial charge in [-0.1, -0.05) is 56.5 Å². The Morgan fingerprint density at radius 1 is 0.704 bits per heavy atom. The number of halogens is 3. The number of carbonyl (C=O) groups is 7. The molecule has 2 aliphatic carbocycles. The molecule has 98 heavy (non-hydrogen) atoms. The fourth-order valence-corrected chi connectivity index (χ4v) is 14.8. The zero-order chi connectivity index (χ0) is 68.3. The Kier molecular flexibility index (Phi) is 30.5. The van der Waals surface area contributed by atoms with Crippen molar-refractivity contribution in [3.8, 4) is 22.6 Å². The highest BCUT2D eigenvalue weighted by Gasteiger charge is 2.50. The number of nitrogens with zero attached hydrogens (tertiary/aromatic N) is 4. The molecule has 0 unspecified atom stereocenters. The molecule has 4 saturated heterocycles. The first kappa shape index (κ1) is 80.8. The van der Waals surface area contributed by atoms with Crippen LogP contribution in [0.1, 0.15) is 113 Å². The van der Waals surface area contributed by atoms with Gasteiger partial charge in [-0.3, -0.25) is 38.5 Å². The number of methoxy groups -OCH3 is 1. The third kappa shape index (κ3) is 19.5. The second-order valence-corrected chi connectivity index (χ2v) is 26.9. The SMILES string of the molecule is COC1(C2CCCCC2)CCC(N2CCN(c3ccc(-c4ccc(C(=O)N[C@H]5C[C@@H](O)CNC(=O)[C@@H]6[C@@H](O)[C@@H](C)CN6C(=O)[C@H]([C@H](O)CCN)NC(=O)[C@H]([C@H](O)Cc6ccc(O)c(OCCCN)c6)NC(=O)[C@@H]6C[C@@H](O)CN6C(=O)[C@H]([C@@H](C)O)NC5=O)cc4)cc3)CC2)CC1.Cl.Cl.Cl. The van der Waals surface area contributed by atoms with Gasteiger partial charge in [-0.2, -0.15) is 0 Å². The van der Waals surface area contributed by atoms with Crippen molar-refractivity contribution in [3.63, 3.8) is 0 Å². The summed E-state index contributed by atoms with van der Waals surface area (Å²) in [6.07, 6.45) is -0.198. The Morgan fingerprint density at radius 3 is 1.95 bits per heavy atom. The van der Waals surface area contributed by atoms with Gasteiger partial charge in [0.05, 0.1) is 48.8 Å². The van der Waals surface area contributed by atoms with Crippen LogP contribution in [0.15, 0.2) is 66.7 Å². The maximum Gasteiger partial charge on any atom is 0.251 e. The summed E-state index contributed by atoms with van der Waals surface area (Å²) in [5, 5.41) is 91.9. The van der Waals surface area contributed by atoms with Crippen LogP contribution in [-0.2, 0) is 39.9 Å². The molecule has 9 rings (SSSR count). The summed E-state index contributed by atoms with van der Waals surface area (Å²) < 4.78 is 12.0. The van der Waals surface area contributed by atoms with Gasteiger partial charge in [-0.15, -0.1) is 37.2 Å². The van der Waals surface area contributed by atoms with E-state index in [4.69, 9.17) is 20.9 Å². The third-order valence-corrected chi connectivity index (χ3v) is 20.4. The predicted molar refractivity (Wildman–Crippen MR) is 372 cm³/mol. The molecule has 0 bridgehead atoms. The van der Waals surface area contributed by atoms with Gasteiger partial charge in [-0.25, -0.2) is 0 Å². The number of carbonyl (C=O) groups excluding carboxylic acids is 7. The average molecular weight is 1440 g/mol. The normalized spacial score (nSPS) is 29.1. The molecule has 6 aliphatic rings. The van der Waals surface area contributed by atoms with Gasteiger partial charge in [0.1, 0.15) is 36.3 Å². The second kappa shape index (κ2) is 36.9. The molecule has 6 fully saturated rings. The van der Waals surface area contributed by atoms with Crippen molar-refractivity contribution in [3.05, 3.63) is 77.9 Å². The fraction of sp³-hybridized carbons (Fsp3) is 0.632. The van der Waals surface area contributed by atoms with Gasteiger partial charge in [0.25, 0.3) is 5.91 Å². The molecule has 4 heterocycles. The van der Waals surface area contributed by atoms with Crippen LogP contribution < -0.4 is 47.7 Å². The molecule has 2 saturated carbocycles. The maximum atomic E-state index is 14.8. The molecule has 4 aliphatic heterocycles. The van der Waals surface area contributed by atoms with E-state index in [-0.39, 0.29) is 98.1 Å². The van der Waals surface area contributed by atoms with Gasteiger partial charge >= 0.3 is 0 Å². The van der Waals surface area contributed by atoms with E-state index in [0.717, 1.165) is 78.5 Å². The first-order valence-corrected chi connectivity index (χ1v) is 33.8. The summed E-state index contributed by atoms with van der Waals surface area (Å²) in [7, 11) is 1.91. The summed E-state index contributed by atoms with van der Waals surface area (Å²) >= 11 is 0. The molecule has 0 aromatic heterocycles. The van der Waals surface area contributed by atoms with Crippen molar-refractivity contribution >= 4 is 84.3 Å². The Hall–Kier alpha value is -6.18. The standard InChI is InChI=1S/C68H99N11O16.3ClH/c1-39-37-79-59(60(39)86)65(91)71-36-48(81)34-50(72-61(87)44-13-11-42(12-14-44)43-15-17-46(18-16-43)76-27-29-77(30-28-76)47-20-23-68(94-3,24-21-47)45-8-5-4-6-9-45)62(88)73-56(40(2)80)66(92)78-38-49(82)35-51(78)63(89)74-57(64(90)75-58(67(79)93)53(84)22-26-70)54(85)32-41-10-19-52(83)55(33-41)95-31-7-25-69;;;/h10-19,33,39-40,45,47-51,53-54,56-60,80-86H,4-9,20-32,34-38,69-70H2,1-3H3,(H,71,91)(H,72,87)(H,73,88)(H,74,89)(H,75,90);3*1H/t39-,40+,47?,48+,49+,50-,51-,53+,54+,56-,57-,58-,59-,60-,68?;;;/m0.../s1. The van der Waals surface area contributed by atoms with Crippen LogP contribution in [0.25, 0.3) is 11.1 Å². The van der Waals surface area contributed by atoms with Crippen LogP contribution in [0.5, 0.6) is 11.5 Å². The highest BCUT2D eigenvalue weighted by molar-refractivity contribution is 6.00. The molecule has 3 aromatic rings. The molecule has 3 aromatic carbocycles. The Labute approximate surface area is 591 Å². The molecule has 0 spiro atoms. The predicted octanol–water partition coefficient (Wildman–Crippen LogP) is 0.380. The van der Waals surface area contributed by atoms with Gasteiger partial charge in [0.2, 0.25) is 35.4 Å². The molecular weight excluding hydrogens is 1330 g/mol. The number of rotatable bonds is 18. The van der Waals surface area contributed by atoms with Crippen molar-refractivity contribution < 1.29 is 78.8 Å². The number of aliphatic hydroxyl groups excluding tert-OH is 6. The largest absolute Gasteiger partial charge is 0.504 e. The monoisotopic (exact) mass is 1430 g/mol. The number of hydrogen-bond donors (Lipinski definition) is 14. The van der Waals surface area contributed by atoms with Crippen molar-refractivity contribution in [2.75, 3.05) is 77.5 Å². The van der Waals surface area contributed by atoms with Crippen LogP contribution in [0.4, 0.5) is 5.69 Å². The number of benzene rings is 3. The van der Waals surface area contributed by atoms with Gasteiger partial charge in [-0.05, 0) is 130 Å². The van der Waals surface area contributed by atoms with Gasteiger partial charge in [0.15, 0.2) is 11.5 Å². The topological polar surface area (TPSA) is 405 Å². The minimum atomic E-state index is -2.03. The molecule has 0 radical (unpaired) electrons. The number of β-amino-alcohol motifs (C(OH)–C–C–N with tert-alkyl or cyclic N) is 1. The van der Waals surface area contributed by atoms with E-state index in [1.165, 1.54) is 57.2 Å². The summed E-state index contributed by atoms with van der Waals surface area (Å²) in [5.74, 6) is -7.74. The van der Waals surface area contributed by atoms with Crippen LogP contribution >= 0.6 is 37.2 Å². The number of fused-ring (bicyclic) bond motifs is 2. The smallest absolute Gasteiger partial charge is 0.251 e. The molecule has 546 valence electrons. The zero-order valence-corrected chi connectivity index (χ0v) is 58.4. The Morgan fingerprint density at radius 2 is 1.33 bits per heavy atom. The van der Waals surface area contributed by atoms with Crippen LogP contribution in [0, 0.1) is 11.8 Å². The lowest BCUT2D eigenvalue weighted by Gasteiger charge is -2.49. The lowest BCUT2D eigenvalue weighted by Crippen LogP contribution is -2.64. The Balaban J connectivity index is 0.00000505. The van der Waals surface area contributed by atoms with Crippen LogP contribution in [-0.4, -0.2) is 249 Å². The number of aromatic hydroxyl groups is 1. The summed E-state index contributed by atoms with van der Waals surface area (Å²) in [4.78, 5) is 109. The first-order chi connectivity index (χ1) is 45.5. The number of nitrogens with one attached hydrogen (secondary N) is 5. The third-order valence-electron chi connectivity index (χ3n) is 20.4. The minimum absolute atomic E-state index is 0. The summed E-state index contributed by atoms with van der Waals surface area (Å²) in [6.45, 7) is 5.27. The molecular formula is C68H102Cl3N11O16. The number of aliphatic hydroxyl groups is 6. The number of phenols is 1. The average Bonchev–Trinajstić information content (AvgIpc) is 1.76. The van der Waals surface area contributed by atoms with E-state index in [2.05, 4.69) is 48.5 Å². The number of amides is 7. The van der Waals surface area contributed by atoms with E-state index in [0.29, 0.717) is 18.4 Å². The molecule has 7 amide bonds. The molecule has 30 heteroatoms. The summed E-state index contributed by atoms with van der Waals surface area (Å²) in [5.41, 5.74) is 14.6. The zero-order valence-electron chi connectivity index (χ0n) is 56.0. The van der Waals surface area contributed by atoms with Crippen LogP contribution in [0.2, 0.25) is 0 Å². The number of nitrogens with two attached hydrogens (primary N) is 2. The van der Waals surface area contributed by atoms with Gasteiger partial charge < -0.3 is 98.0 Å². The lowest BCUT2D eigenvalue weighted by atomic mass is 9.68. The number of phenolic OH excluding ortho intramolecular Hbond substituents is 1. The fourth-order valence-electron chi connectivity index (χ4n) is 14.8. The molecule has 27 nitrogen and oxygen atoms in total. The van der Waals surface area contributed by atoms with Crippen molar-refractivity contribution in [2.45, 2.75) is 188 Å². The van der Waals surface area contributed by atoms with Crippen molar-refractivity contribution in [1.29, 1.82) is 0 Å².